The summed E-state index contributed by atoms with van der Waals surface area (Å²) in [4.78, 5) is 33.4. The largest absolute Gasteiger partial charge is 0.467 e. The van der Waals surface area contributed by atoms with Crippen molar-refractivity contribution in [2.24, 2.45) is 0 Å². The number of aliphatic hydroxyl groups is 1. The Morgan fingerprint density at radius 2 is 2.44 bits per heavy atom. The molecule has 0 radical (unpaired) electrons. The molecule has 8 heteroatoms. The summed E-state index contributed by atoms with van der Waals surface area (Å²) < 4.78 is 4.38. The van der Waals surface area contributed by atoms with Crippen LogP contribution in [-0.4, -0.2) is 53.8 Å². The lowest BCUT2D eigenvalue weighted by Gasteiger charge is -2.16. The molecule has 2 atom stereocenters. The average Bonchev–Trinajstić information content (AvgIpc) is 2.71. The van der Waals surface area contributed by atoms with Crippen molar-refractivity contribution in [2.45, 2.75) is 12.1 Å². The third kappa shape index (κ3) is 3.11. The first-order valence-electron chi connectivity index (χ1n) is 4.50. The van der Waals surface area contributed by atoms with E-state index in [1.54, 1.807) is 0 Å². The number of aliphatic hydroxyl groups excluding tert-OH is 1. The van der Waals surface area contributed by atoms with Gasteiger partial charge >= 0.3 is 5.97 Å². The minimum Gasteiger partial charge on any atom is -0.467 e. The zero-order chi connectivity index (χ0) is 12.1. The number of carbonyl (C=O) groups excluding carboxylic acids is 3. The van der Waals surface area contributed by atoms with E-state index in [1.165, 1.54) is 0 Å². The second-order valence-corrected chi connectivity index (χ2v) is 4.06. The summed E-state index contributed by atoms with van der Waals surface area (Å²) in [5.41, 5.74) is 0. The number of hydrogen-bond acceptors (Lipinski definition) is 6. The fourth-order valence-electron chi connectivity index (χ4n) is 1.12. The molecule has 1 aliphatic rings. The molecule has 1 heterocycles. The Hall–Kier alpha value is -1.28. The summed E-state index contributed by atoms with van der Waals surface area (Å²) in [5.74, 6) is -0.931. The standard InChI is InChI=1S/C8H12N2O5S/c1-15-7(13)4(2-11)9-6(12)5-3-16-8(14)10-5/h4-5,11H,2-3H2,1H3,(H,9,12)(H,10,14). The van der Waals surface area contributed by atoms with Crippen LogP contribution in [0.15, 0.2) is 0 Å². The minimum atomic E-state index is -1.10. The quantitative estimate of drug-likeness (QED) is 0.521. The first-order chi connectivity index (χ1) is 7.58. The average molecular weight is 248 g/mol. The van der Waals surface area contributed by atoms with Crippen LogP contribution in [0.1, 0.15) is 0 Å². The second kappa shape index (κ2) is 5.71. The first-order valence-corrected chi connectivity index (χ1v) is 5.49. The molecular weight excluding hydrogens is 236 g/mol. The smallest absolute Gasteiger partial charge is 0.330 e. The summed E-state index contributed by atoms with van der Waals surface area (Å²) in [6, 6.07) is -1.77. The molecule has 3 N–H and O–H groups in total. The molecule has 1 saturated heterocycles. The van der Waals surface area contributed by atoms with Gasteiger partial charge in [-0.2, -0.15) is 0 Å². The van der Waals surface area contributed by atoms with Crippen molar-refractivity contribution in [1.82, 2.24) is 10.6 Å². The molecule has 0 aliphatic carbocycles. The van der Waals surface area contributed by atoms with E-state index in [0.717, 1.165) is 18.9 Å². The Balaban J connectivity index is 2.49. The van der Waals surface area contributed by atoms with E-state index in [-0.39, 0.29) is 5.24 Å². The van der Waals surface area contributed by atoms with Crippen LogP contribution in [-0.2, 0) is 14.3 Å². The zero-order valence-electron chi connectivity index (χ0n) is 8.56. The van der Waals surface area contributed by atoms with Crippen LogP contribution < -0.4 is 10.6 Å². The number of esters is 1. The van der Waals surface area contributed by atoms with Crippen LogP contribution in [0.4, 0.5) is 4.79 Å². The number of methoxy groups -OCH3 is 1. The maximum absolute atomic E-state index is 11.5. The molecular formula is C8H12N2O5S. The van der Waals surface area contributed by atoms with Crippen LogP contribution in [0.5, 0.6) is 0 Å². The highest BCUT2D eigenvalue weighted by atomic mass is 32.2. The topological polar surface area (TPSA) is 105 Å². The van der Waals surface area contributed by atoms with Crippen LogP contribution in [0.2, 0.25) is 0 Å². The maximum Gasteiger partial charge on any atom is 0.330 e. The zero-order valence-corrected chi connectivity index (χ0v) is 9.37. The van der Waals surface area contributed by atoms with Crippen molar-refractivity contribution in [2.75, 3.05) is 19.5 Å². The van der Waals surface area contributed by atoms with Gasteiger partial charge in [0, 0.05) is 5.75 Å². The lowest BCUT2D eigenvalue weighted by Crippen LogP contribution is -2.51. The van der Waals surface area contributed by atoms with Gasteiger partial charge in [0.1, 0.15) is 6.04 Å². The summed E-state index contributed by atoms with van der Waals surface area (Å²) in [7, 11) is 1.16. The van der Waals surface area contributed by atoms with Crippen LogP contribution in [0.25, 0.3) is 0 Å². The molecule has 2 unspecified atom stereocenters. The van der Waals surface area contributed by atoms with Crippen molar-refractivity contribution < 1.29 is 24.2 Å². The number of amides is 2. The van der Waals surface area contributed by atoms with Crippen molar-refractivity contribution in [3.05, 3.63) is 0 Å². The molecule has 0 aromatic heterocycles. The lowest BCUT2D eigenvalue weighted by atomic mass is 10.2. The fraction of sp³-hybridized carbons (Fsp3) is 0.625. The predicted octanol–water partition coefficient (Wildman–Crippen LogP) is -1.54. The van der Waals surface area contributed by atoms with E-state index >= 15 is 0 Å². The van der Waals surface area contributed by atoms with Gasteiger partial charge < -0.3 is 20.5 Å². The maximum atomic E-state index is 11.5. The molecule has 0 aromatic rings. The van der Waals surface area contributed by atoms with E-state index in [2.05, 4.69) is 15.4 Å². The van der Waals surface area contributed by atoms with Gasteiger partial charge in [-0.3, -0.25) is 9.59 Å². The number of carbonyl (C=O) groups is 3. The van der Waals surface area contributed by atoms with E-state index in [1.807, 2.05) is 0 Å². The van der Waals surface area contributed by atoms with Gasteiger partial charge in [0.15, 0.2) is 6.04 Å². The first kappa shape index (κ1) is 12.8. The molecule has 1 fully saturated rings. The second-order valence-electron chi connectivity index (χ2n) is 3.06. The third-order valence-electron chi connectivity index (χ3n) is 1.97. The molecule has 90 valence electrons. The van der Waals surface area contributed by atoms with E-state index in [4.69, 9.17) is 5.11 Å². The Kier molecular flexibility index (Phi) is 4.56. The van der Waals surface area contributed by atoms with Gasteiger partial charge in [-0.1, -0.05) is 11.8 Å². The van der Waals surface area contributed by atoms with Crippen LogP contribution in [0.3, 0.4) is 0 Å². The minimum absolute atomic E-state index is 0.279. The number of rotatable bonds is 4. The van der Waals surface area contributed by atoms with Crippen molar-refractivity contribution in [3.8, 4) is 0 Å². The van der Waals surface area contributed by atoms with E-state index in [0.29, 0.717) is 5.75 Å². The van der Waals surface area contributed by atoms with Crippen molar-refractivity contribution in [3.63, 3.8) is 0 Å². The molecule has 0 spiro atoms. The van der Waals surface area contributed by atoms with Crippen LogP contribution in [0, 0.1) is 0 Å². The van der Waals surface area contributed by atoms with Gasteiger partial charge in [-0.15, -0.1) is 0 Å². The molecule has 7 nitrogen and oxygen atoms in total. The lowest BCUT2D eigenvalue weighted by molar-refractivity contribution is -0.146. The van der Waals surface area contributed by atoms with Gasteiger partial charge in [0.05, 0.1) is 13.7 Å². The highest BCUT2D eigenvalue weighted by molar-refractivity contribution is 8.14. The van der Waals surface area contributed by atoms with Crippen molar-refractivity contribution in [1.29, 1.82) is 0 Å². The van der Waals surface area contributed by atoms with Gasteiger partial charge in [0.2, 0.25) is 5.91 Å². The molecule has 0 saturated carbocycles. The predicted molar refractivity (Wildman–Crippen MR) is 55.8 cm³/mol. The summed E-state index contributed by atoms with van der Waals surface area (Å²) >= 11 is 0.993. The Bertz CT molecular complexity index is 309. The number of thioether (sulfide) groups is 1. The Morgan fingerprint density at radius 1 is 1.75 bits per heavy atom. The SMILES string of the molecule is COC(=O)C(CO)NC(=O)C1CSC(=O)N1. The van der Waals surface area contributed by atoms with Gasteiger partial charge in [0.25, 0.3) is 5.24 Å². The molecule has 0 aromatic carbocycles. The summed E-state index contributed by atoms with van der Waals surface area (Å²) in [6.07, 6.45) is 0. The number of nitrogens with one attached hydrogen (secondary N) is 2. The van der Waals surface area contributed by atoms with Gasteiger partial charge in [-0.05, 0) is 0 Å². The number of hydrogen-bond donors (Lipinski definition) is 3. The molecule has 1 rings (SSSR count). The third-order valence-corrected chi connectivity index (χ3v) is 2.85. The molecule has 16 heavy (non-hydrogen) atoms. The molecule has 2 amide bonds. The van der Waals surface area contributed by atoms with Gasteiger partial charge in [-0.25, -0.2) is 4.79 Å². The summed E-state index contributed by atoms with van der Waals surface area (Å²) in [5, 5.41) is 13.3. The molecule has 1 aliphatic heterocycles. The summed E-state index contributed by atoms with van der Waals surface area (Å²) in [6.45, 7) is -0.549. The highest BCUT2D eigenvalue weighted by Gasteiger charge is 2.31. The Morgan fingerprint density at radius 3 is 2.88 bits per heavy atom. The highest BCUT2D eigenvalue weighted by Crippen LogP contribution is 2.12. The van der Waals surface area contributed by atoms with Crippen molar-refractivity contribution >= 4 is 28.9 Å². The molecule has 0 bridgehead atoms. The van der Waals surface area contributed by atoms with Crippen LogP contribution >= 0.6 is 11.8 Å². The monoisotopic (exact) mass is 248 g/mol. The fourth-order valence-corrected chi connectivity index (χ4v) is 1.90. The van der Waals surface area contributed by atoms with E-state index in [9.17, 15) is 14.4 Å². The Labute approximate surface area is 95.9 Å². The van der Waals surface area contributed by atoms with E-state index < -0.39 is 30.6 Å². The normalized spacial score (nSPS) is 21.1. The number of ether oxygens (including phenoxy) is 1.